The van der Waals surface area contributed by atoms with Crippen LogP contribution >= 0.6 is 0 Å². The summed E-state index contributed by atoms with van der Waals surface area (Å²) < 4.78 is 21.7. The van der Waals surface area contributed by atoms with E-state index in [9.17, 15) is 40.5 Å². The van der Waals surface area contributed by atoms with Crippen LogP contribution in [0, 0.1) is 0 Å². The van der Waals surface area contributed by atoms with Crippen molar-refractivity contribution >= 4 is 11.0 Å². The number of benzene rings is 2. The maximum atomic E-state index is 12.8. The minimum absolute atomic E-state index is 0.0249. The minimum atomic E-state index is -1.77. The maximum absolute atomic E-state index is 12.8. The molecular weight excluding hydrogens is 456 g/mol. The molecule has 0 amide bonds. The number of phenols is 3. The Balaban J connectivity index is 1.78. The Morgan fingerprint density at radius 3 is 2.35 bits per heavy atom. The zero-order valence-electron chi connectivity index (χ0n) is 17.7. The number of rotatable bonds is 5. The van der Waals surface area contributed by atoms with Gasteiger partial charge in [0.05, 0.1) is 13.7 Å². The summed E-state index contributed by atoms with van der Waals surface area (Å²) in [6, 6.07) is 6.10. The summed E-state index contributed by atoms with van der Waals surface area (Å²) in [5, 5.41) is 69.2. The van der Waals surface area contributed by atoms with Crippen LogP contribution in [0.25, 0.3) is 22.3 Å². The molecule has 2 aromatic carbocycles. The third-order valence-corrected chi connectivity index (χ3v) is 5.48. The summed E-state index contributed by atoms with van der Waals surface area (Å²) in [5.74, 6) is -2.01. The Morgan fingerprint density at radius 1 is 0.971 bits per heavy atom. The number of aliphatic hydroxyl groups excluding tert-OH is 4. The summed E-state index contributed by atoms with van der Waals surface area (Å²) in [5.41, 5.74) is -0.525. The second kappa shape index (κ2) is 9.00. The molecule has 1 aliphatic rings. The van der Waals surface area contributed by atoms with Gasteiger partial charge in [-0.05, 0) is 18.2 Å². The van der Waals surface area contributed by atoms with Gasteiger partial charge in [0.1, 0.15) is 41.1 Å². The second-order valence-electron chi connectivity index (χ2n) is 7.62. The molecular formula is C22H22O12. The maximum Gasteiger partial charge on any atom is 0.229 e. The van der Waals surface area contributed by atoms with Gasteiger partial charge in [-0.15, -0.1) is 0 Å². The normalized spacial score (nSPS) is 24.8. The lowest BCUT2D eigenvalue weighted by Gasteiger charge is -2.39. The Morgan fingerprint density at radius 2 is 1.71 bits per heavy atom. The number of aromatic hydroxyl groups is 3. The smallest absolute Gasteiger partial charge is 0.229 e. The molecule has 12 heteroatoms. The van der Waals surface area contributed by atoms with Crippen LogP contribution in [0.5, 0.6) is 28.7 Å². The van der Waals surface area contributed by atoms with E-state index in [2.05, 4.69) is 0 Å². The fourth-order valence-corrected chi connectivity index (χ4v) is 3.63. The lowest BCUT2D eigenvalue weighted by Crippen LogP contribution is -2.60. The van der Waals surface area contributed by atoms with Gasteiger partial charge < -0.3 is 54.4 Å². The molecule has 1 saturated heterocycles. The molecule has 2 unspecified atom stereocenters. The average molecular weight is 478 g/mol. The van der Waals surface area contributed by atoms with Gasteiger partial charge in [-0.2, -0.15) is 0 Å². The van der Waals surface area contributed by atoms with Crippen molar-refractivity contribution in [2.24, 2.45) is 0 Å². The van der Waals surface area contributed by atoms with E-state index in [-0.39, 0.29) is 33.8 Å². The van der Waals surface area contributed by atoms with Gasteiger partial charge in [0.15, 0.2) is 28.4 Å². The first-order valence-electron chi connectivity index (χ1n) is 10.0. The van der Waals surface area contributed by atoms with E-state index in [1.54, 1.807) is 0 Å². The quantitative estimate of drug-likeness (QED) is 0.238. The highest BCUT2D eigenvalue weighted by molar-refractivity contribution is 5.89. The fraction of sp³-hybridized carbons (Fsp3) is 0.318. The molecule has 7 N–H and O–H groups in total. The molecule has 1 fully saturated rings. The van der Waals surface area contributed by atoms with Crippen LogP contribution in [0.2, 0.25) is 0 Å². The van der Waals surface area contributed by atoms with Crippen LogP contribution in [0.4, 0.5) is 0 Å². The Bertz CT molecular complexity index is 1270. The van der Waals surface area contributed by atoms with Crippen molar-refractivity contribution in [3.63, 3.8) is 0 Å². The number of phenolic OH excluding ortho intramolecular Hbond substituents is 3. The molecule has 0 bridgehead atoms. The average Bonchev–Trinajstić information content (AvgIpc) is 2.81. The minimum Gasteiger partial charge on any atom is -0.504 e. The van der Waals surface area contributed by atoms with Crippen LogP contribution < -0.4 is 14.9 Å². The molecule has 1 aromatic heterocycles. The molecule has 5 atom stereocenters. The Labute approximate surface area is 191 Å². The van der Waals surface area contributed by atoms with Crippen molar-refractivity contribution in [1.29, 1.82) is 0 Å². The molecule has 34 heavy (non-hydrogen) atoms. The van der Waals surface area contributed by atoms with Crippen molar-refractivity contribution < 1.29 is 54.4 Å². The molecule has 12 nitrogen and oxygen atoms in total. The molecule has 0 radical (unpaired) electrons. The van der Waals surface area contributed by atoms with E-state index in [0.29, 0.717) is 0 Å². The predicted molar refractivity (Wildman–Crippen MR) is 114 cm³/mol. The summed E-state index contributed by atoms with van der Waals surface area (Å²) in [6.45, 7) is -0.690. The molecule has 182 valence electrons. The van der Waals surface area contributed by atoms with Gasteiger partial charge in [0.2, 0.25) is 12.0 Å². The van der Waals surface area contributed by atoms with Gasteiger partial charge in [0, 0.05) is 17.7 Å². The highest BCUT2D eigenvalue weighted by Crippen LogP contribution is 2.44. The van der Waals surface area contributed by atoms with Crippen molar-refractivity contribution in [2.45, 2.75) is 30.7 Å². The molecule has 0 aliphatic carbocycles. The van der Waals surface area contributed by atoms with Crippen LogP contribution in [-0.2, 0) is 4.74 Å². The fourth-order valence-electron chi connectivity index (χ4n) is 3.63. The summed E-state index contributed by atoms with van der Waals surface area (Å²) in [7, 11) is 1.24. The second-order valence-corrected chi connectivity index (χ2v) is 7.62. The van der Waals surface area contributed by atoms with E-state index in [1.165, 1.54) is 31.4 Å². The third kappa shape index (κ3) is 3.97. The summed E-state index contributed by atoms with van der Waals surface area (Å²) in [6.07, 6.45) is -8.00. The van der Waals surface area contributed by atoms with E-state index < -0.39 is 60.0 Å². The van der Waals surface area contributed by atoms with Crippen molar-refractivity contribution in [2.75, 3.05) is 13.7 Å². The first-order valence-corrected chi connectivity index (χ1v) is 10.0. The zero-order valence-corrected chi connectivity index (χ0v) is 17.7. The number of hydrogen-bond donors (Lipinski definition) is 7. The van der Waals surface area contributed by atoms with E-state index in [1.807, 2.05) is 0 Å². The molecule has 1 aliphatic heterocycles. The molecule has 4 rings (SSSR count). The van der Waals surface area contributed by atoms with Crippen LogP contribution in [0.3, 0.4) is 0 Å². The molecule has 0 spiro atoms. The van der Waals surface area contributed by atoms with E-state index >= 15 is 0 Å². The zero-order chi connectivity index (χ0) is 24.7. The van der Waals surface area contributed by atoms with Gasteiger partial charge in [-0.1, -0.05) is 0 Å². The first-order chi connectivity index (χ1) is 16.2. The molecule has 2 heterocycles. The van der Waals surface area contributed by atoms with Gasteiger partial charge in [-0.25, -0.2) is 0 Å². The summed E-state index contributed by atoms with van der Waals surface area (Å²) in [4.78, 5) is 12.8. The largest absolute Gasteiger partial charge is 0.504 e. The van der Waals surface area contributed by atoms with Crippen LogP contribution in [0.15, 0.2) is 39.5 Å². The monoisotopic (exact) mass is 478 g/mol. The Kier molecular flexibility index (Phi) is 6.25. The number of aliphatic hydroxyl groups is 4. The predicted octanol–water partition coefficient (Wildman–Crippen LogP) is -0.236. The Hall–Kier alpha value is -3.55. The highest BCUT2D eigenvalue weighted by atomic mass is 16.7. The topological polar surface area (TPSA) is 200 Å². The first kappa shape index (κ1) is 23.6. The third-order valence-electron chi connectivity index (χ3n) is 5.48. The van der Waals surface area contributed by atoms with Gasteiger partial charge >= 0.3 is 0 Å². The number of methoxy groups -OCH3 is 1. The van der Waals surface area contributed by atoms with Gasteiger partial charge in [0.25, 0.3) is 0 Å². The van der Waals surface area contributed by atoms with Crippen molar-refractivity contribution in [3.8, 4) is 40.1 Å². The molecule has 3 aromatic rings. The van der Waals surface area contributed by atoms with Crippen LogP contribution in [-0.4, -0.2) is 80.2 Å². The van der Waals surface area contributed by atoms with Crippen molar-refractivity contribution in [3.05, 3.63) is 40.6 Å². The summed E-state index contributed by atoms with van der Waals surface area (Å²) >= 11 is 0. The van der Waals surface area contributed by atoms with E-state index in [0.717, 1.165) is 6.07 Å². The lowest BCUT2D eigenvalue weighted by molar-refractivity contribution is -0.277. The standard InChI is InChI=1S/C22H22O12/c1-31-14-6-13-16(11(26)5-12(32-13)8-2-3-9(24)10(25)4-8)18(28)21(14)34-22-20(30)19(29)17(27)15(7-23)33-22/h2-6,15,17,19-20,22-25,27-30H,7H2,1H3/t15?,17-,19-,20?,22-/m0/s1. The van der Waals surface area contributed by atoms with Crippen molar-refractivity contribution in [1.82, 2.24) is 0 Å². The van der Waals surface area contributed by atoms with Gasteiger partial charge in [-0.3, -0.25) is 4.79 Å². The highest BCUT2D eigenvalue weighted by Gasteiger charge is 2.45. The van der Waals surface area contributed by atoms with E-state index in [4.69, 9.17) is 18.6 Å². The van der Waals surface area contributed by atoms with Crippen LogP contribution in [0.1, 0.15) is 0 Å². The molecule has 0 saturated carbocycles. The number of ether oxygens (including phenoxy) is 3. The number of fused-ring (bicyclic) bond motifs is 1. The SMILES string of the molecule is COc1cc2oc(-c3ccc(O)c(O)c3)cc(=O)c2c(O)c1O[C@@H]1OC(CO)[C@H](O)[C@H](O)C1O. The number of hydrogen-bond acceptors (Lipinski definition) is 12. The lowest BCUT2D eigenvalue weighted by atomic mass is 9.99.